The molecule has 2 aromatic rings. The summed E-state index contributed by atoms with van der Waals surface area (Å²) in [5.41, 5.74) is 0.317. The van der Waals surface area contributed by atoms with Crippen molar-refractivity contribution < 1.29 is 17.9 Å². The number of hydrogen-bond donors (Lipinski definition) is 2. The number of hydrogen-bond acceptors (Lipinski definition) is 4. The number of rotatable bonds is 7. The highest BCUT2D eigenvalue weighted by Crippen LogP contribution is 2.29. The highest BCUT2D eigenvalue weighted by molar-refractivity contribution is 14.0. The molecular formula is C17H22F3IN4OS. The lowest BCUT2D eigenvalue weighted by atomic mass is 10.1. The molecule has 2 rings (SSSR count). The summed E-state index contributed by atoms with van der Waals surface area (Å²) in [4.78, 5) is 7.64. The van der Waals surface area contributed by atoms with Crippen molar-refractivity contribution in [3.8, 4) is 5.75 Å². The third-order valence-electron chi connectivity index (χ3n) is 3.54. The lowest BCUT2D eigenvalue weighted by Crippen LogP contribution is -2.37. The van der Waals surface area contributed by atoms with E-state index in [1.807, 2.05) is 24.3 Å². The van der Waals surface area contributed by atoms with Crippen LogP contribution in [0.3, 0.4) is 0 Å². The highest BCUT2D eigenvalue weighted by Gasteiger charge is 2.33. The Hall–Kier alpha value is -1.56. The van der Waals surface area contributed by atoms with Gasteiger partial charge in [0.2, 0.25) is 0 Å². The number of benzene rings is 1. The molecule has 1 aromatic heterocycles. The number of thiazole rings is 1. The summed E-state index contributed by atoms with van der Waals surface area (Å²) >= 11 is 0.970. The standard InChI is InChI=1S/C17H21F3N4OS.HI/c1-21-16(23-10-15-24-14(11-26-15)17(18,19)20)22-8-4-6-12-5-3-7-13(9-12)25-2;/h3,5,7,9,11H,4,6,8,10H2,1-2H3,(H2,21,22,23);1H. The van der Waals surface area contributed by atoms with Gasteiger partial charge < -0.3 is 15.4 Å². The van der Waals surface area contributed by atoms with Gasteiger partial charge >= 0.3 is 6.18 Å². The van der Waals surface area contributed by atoms with Gasteiger partial charge in [-0.1, -0.05) is 12.1 Å². The van der Waals surface area contributed by atoms with Gasteiger partial charge in [-0.15, -0.1) is 35.3 Å². The zero-order chi connectivity index (χ0) is 19.0. The molecule has 0 fully saturated rings. The van der Waals surface area contributed by atoms with E-state index >= 15 is 0 Å². The van der Waals surface area contributed by atoms with E-state index in [2.05, 4.69) is 20.6 Å². The second-order valence-electron chi connectivity index (χ2n) is 5.43. The molecule has 27 heavy (non-hydrogen) atoms. The first kappa shape index (κ1) is 23.5. The van der Waals surface area contributed by atoms with Gasteiger partial charge in [0, 0.05) is 19.0 Å². The van der Waals surface area contributed by atoms with Gasteiger partial charge in [-0.05, 0) is 30.5 Å². The summed E-state index contributed by atoms with van der Waals surface area (Å²) in [7, 11) is 3.25. The Labute approximate surface area is 177 Å². The van der Waals surface area contributed by atoms with Crippen LogP contribution in [0.15, 0.2) is 34.6 Å². The molecule has 0 bridgehead atoms. The first-order valence-electron chi connectivity index (χ1n) is 8.01. The lowest BCUT2D eigenvalue weighted by molar-refractivity contribution is -0.140. The van der Waals surface area contributed by atoms with Crippen molar-refractivity contribution in [3.05, 3.63) is 45.9 Å². The monoisotopic (exact) mass is 514 g/mol. The van der Waals surface area contributed by atoms with E-state index in [-0.39, 0.29) is 30.5 Å². The summed E-state index contributed by atoms with van der Waals surface area (Å²) in [5, 5.41) is 7.48. The average molecular weight is 514 g/mol. The fraction of sp³-hybridized carbons (Fsp3) is 0.412. The molecule has 0 amide bonds. The number of aliphatic imine (C=N–C) groups is 1. The maximum absolute atomic E-state index is 12.5. The Morgan fingerprint density at radius 1 is 1.30 bits per heavy atom. The van der Waals surface area contributed by atoms with Crippen LogP contribution in [0.2, 0.25) is 0 Å². The summed E-state index contributed by atoms with van der Waals surface area (Å²) in [6, 6.07) is 7.88. The fourth-order valence-electron chi connectivity index (χ4n) is 2.23. The predicted octanol–water partition coefficient (Wildman–Crippen LogP) is 4.09. The van der Waals surface area contributed by atoms with Crippen LogP contribution < -0.4 is 15.4 Å². The molecule has 0 aliphatic rings. The van der Waals surface area contributed by atoms with E-state index in [1.165, 1.54) is 5.56 Å². The molecule has 1 aromatic carbocycles. The molecule has 0 saturated carbocycles. The van der Waals surface area contributed by atoms with Crippen molar-refractivity contribution in [3.63, 3.8) is 0 Å². The van der Waals surface area contributed by atoms with E-state index in [0.29, 0.717) is 17.5 Å². The Morgan fingerprint density at radius 3 is 2.70 bits per heavy atom. The molecule has 0 unspecified atom stereocenters. The maximum Gasteiger partial charge on any atom is 0.434 e. The number of nitrogens with one attached hydrogen (secondary N) is 2. The van der Waals surface area contributed by atoms with Crippen molar-refractivity contribution in [1.29, 1.82) is 0 Å². The van der Waals surface area contributed by atoms with Gasteiger partial charge in [0.15, 0.2) is 11.7 Å². The smallest absolute Gasteiger partial charge is 0.434 e. The van der Waals surface area contributed by atoms with Gasteiger partial charge in [-0.2, -0.15) is 13.2 Å². The molecule has 0 aliphatic heterocycles. The SMILES string of the molecule is CN=C(NCCCc1cccc(OC)c1)NCc1nc(C(F)(F)F)cs1.I. The quantitative estimate of drug-likeness (QED) is 0.253. The Morgan fingerprint density at radius 2 is 2.07 bits per heavy atom. The van der Waals surface area contributed by atoms with Crippen LogP contribution in [0.5, 0.6) is 5.75 Å². The van der Waals surface area contributed by atoms with Gasteiger partial charge in [-0.25, -0.2) is 4.98 Å². The normalized spacial score (nSPS) is 11.7. The van der Waals surface area contributed by atoms with Crippen molar-refractivity contribution >= 4 is 41.3 Å². The van der Waals surface area contributed by atoms with E-state index in [1.54, 1.807) is 14.2 Å². The number of aromatic nitrogens is 1. The van der Waals surface area contributed by atoms with Crippen molar-refractivity contribution in [2.24, 2.45) is 4.99 Å². The molecule has 0 atom stereocenters. The van der Waals surface area contributed by atoms with Gasteiger partial charge in [0.05, 0.1) is 13.7 Å². The predicted molar refractivity (Wildman–Crippen MR) is 112 cm³/mol. The minimum absolute atomic E-state index is 0. The molecule has 10 heteroatoms. The van der Waals surface area contributed by atoms with Crippen LogP contribution >= 0.6 is 35.3 Å². The largest absolute Gasteiger partial charge is 0.497 e. The van der Waals surface area contributed by atoms with E-state index in [9.17, 15) is 13.2 Å². The summed E-state index contributed by atoms with van der Waals surface area (Å²) in [6.07, 6.45) is -2.65. The minimum Gasteiger partial charge on any atom is -0.497 e. The van der Waals surface area contributed by atoms with Crippen LogP contribution in [-0.2, 0) is 19.1 Å². The third kappa shape index (κ3) is 7.91. The van der Waals surface area contributed by atoms with Crippen LogP contribution in [0.4, 0.5) is 13.2 Å². The number of ether oxygens (including phenoxy) is 1. The topological polar surface area (TPSA) is 58.5 Å². The molecule has 0 radical (unpaired) electrons. The number of methoxy groups -OCH3 is 1. The number of halogens is 4. The molecule has 2 N–H and O–H groups in total. The second-order valence-corrected chi connectivity index (χ2v) is 6.37. The number of nitrogens with zero attached hydrogens (tertiary/aromatic N) is 2. The minimum atomic E-state index is -4.41. The van der Waals surface area contributed by atoms with Crippen molar-refractivity contribution in [2.75, 3.05) is 20.7 Å². The molecule has 0 aliphatic carbocycles. The Kier molecular flexibility index (Phi) is 9.84. The summed E-state index contributed by atoms with van der Waals surface area (Å²) in [5.74, 6) is 1.36. The second kappa shape index (κ2) is 11.3. The molecule has 5 nitrogen and oxygen atoms in total. The fourth-order valence-corrected chi connectivity index (χ4v) is 2.97. The van der Waals surface area contributed by atoms with Gasteiger partial charge in [0.1, 0.15) is 10.8 Å². The summed E-state index contributed by atoms with van der Waals surface area (Å²) in [6.45, 7) is 0.874. The Balaban J connectivity index is 0.00000364. The zero-order valence-corrected chi connectivity index (χ0v) is 18.1. The van der Waals surface area contributed by atoms with Crippen LogP contribution in [0.1, 0.15) is 22.7 Å². The van der Waals surface area contributed by atoms with Gasteiger partial charge in [0.25, 0.3) is 0 Å². The molecule has 0 spiro atoms. The van der Waals surface area contributed by atoms with Crippen molar-refractivity contribution in [1.82, 2.24) is 15.6 Å². The average Bonchev–Trinajstić information content (AvgIpc) is 3.11. The summed E-state index contributed by atoms with van der Waals surface area (Å²) < 4.78 is 42.8. The number of alkyl halides is 3. The van der Waals surface area contributed by atoms with Crippen LogP contribution in [0, 0.1) is 0 Å². The zero-order valence-electron chi connectivity index (χ0n) is 15.0. The van der Waals surface area contributed by atoms with Crippen LogP contribution in [-0.4, -0.2) is 31.6 Å². The van der Waals surface area contributed by atoms with E-state index in [0.717, 1.165) is 35.3 Å². The molecule has 150 valence electrons. The molecular weight excluding hydrogens is 492 g/mol. The maximum atomic E-state index is 12.5. The first-order chi connectivity index (χ1) is 12.4. The lowest BCUT2D eigenvalue weighted by Gasteiger charge is -2.11. The van der Waals surface area contributed by atoms with E-state index < -0.39 is 11.9 Å². The van der Waals surface area contributed by atoms with Crippen LogP contribution in [0.25, 0.3) is 0 Å². The third-order valence-corrected chi connectivity index (χ3v) is 4.39. The highest BCUT2D eigenvalue weighted by atomic mass is 127. The Bertz CT molecular complexity index is 737. The molecule has 1 heterocycles. The number of aryl methyl sites for hydroxylation is 1. The van der Waals surface area contributed by atoms with Crippen molar-refractivity contribution in [2.45, 2.75) is 25.6 Å². The molecule has 0 saturated heterocycles. The van der Waals surface area contributed by atoms with E-state index in [4.69, 9.17) is 4.74 Å². The number of guanidine groups is 1. The van der Waals surface area contributed by atoms with Gasteiger partial charge in [-0.3, -0.25) is 4.99 Å². The first-order valence-corrected chi connectivity index (χ1v) is 8.89.